The molecule has 0 radical (unpaired) electrons. The van der Waals surface area contributed by atoms with Crippen LogP contribution in [0.4, 0.5) is 0 Å². The molecule has 0 unspecified atom stereocenters. The summed E-state index contributed by atoms with van der Waals surface area (Å²) in [5.41, 5.74) is 7.13. The Labute approximate surface area is 468 Å². The number of benzene rings is 8. The molecular formula is C70H84N4O2Si2. The third-order valence-corrected chi connectivity index (χ3v) is 31.7. The van der Waals surface area contributed by atoms with Crippen LogP contribution < -0.4 is 0 Å². The Hall–Kier alpha value is -6.95. The molecule has 0 amide bonds. The second-order valence-electron chi connectivity index (χ2n) is 25.5. The number of rotatable bonds is 8. The molecule has 1 fully saturated rings. The molecule has 3 heterocycles. The topological polar surface area (TPSA) is 31.0 Å². The molecule has 0 atom stereocenters. The van der Waals surface area contributed by atoms with Crippen molar-refractivity contribution in [1.29, 1.82) is 0 Å². The maximum atomic E-state index is 9.51. The fourth-order valence-electron chi connectivity index (χ4n) is 13.5. The van der Waals surface area contributed by atoms with Crippen LogP contribution in [0.3, 0.4) is 0 Å². The van der Waals surface area contributed by atoms with Crippen LogP contribution >= 0.6 is 0 Å². The van der Waals surface area contributed by atoms with E-state index in [2.05, 4.69) is 321 Å². The molecule has 0 saturated carbocycles. The molecule has 8 aromatic rings. The van der Waals surface area contributed by atoms with Crippen molar-refractivity contribution in [2.75, 3.05) is 0 Å². The van der Waals surface area contributed by atoms with Crippen LogP contribution in [-0.4, -0.2) is 67.8 Å². The van der Waals surface area contributed by atoms with Crippen molar-refractivity contribution in [3.63, 3.8) is 0 Å². The van der Waals surface area contributed by atoms with E-state index in [1.165, 1.54) is 33.4 Å². The Balaban J connectivity index is 0.000000459. The monoisotopic (exact) mass is 1070 g/mol. The average molecular weight is 1070 g/mol. The molecule has 3 aliphatic rings. The van der Waals surface area contributed by atoms with Gasteiger partial charge in [-0.1, -0.05) is 71.8 Å². The van der Waals surface area contributed by atoms with Gasteiger partial charge in [0.1, 0.15) is 0 Å². The van der Waals surface area contributed by atoms with E-state index in [4.69, 9.17) is 0 Å². The van der Waals surface area contributed by atoms with E-state index >= 15 is 0 Å². The van der Waals surface area contributed by atoms with Gasteiger partial charge in [0, 0.05) is 0 Å². The second-order valence-corrected chi connectivity index (χ2v) is 34.3. The van der Waals surface area contributed by atoms with Crippen LogP contribution in [0, 0.1) is 13.8 Å². The molecule has 0 aromatic heterocycles. The third kappa shape index (κ3) is 9.34. The van der Waals surface area contributed by atoms with Crippen molar-refractivity contribution < 1.29 is 16.7 Å². The quantitative estimate of drug-likeness (QED) is 0.142. The summed E-state index contributed by atoms with van der Waals surface area (Å²) in [6.45, 7) is 32.4. The smallest absolute Gasteiger partial charge is 0.0398 e. The Morgan fingerprint density at radius 2 is 0.513 bits per heavy atom. The van der Waals surface area contributed by atoms with E-state index in [0.29, 0.717) is 0 Å². The van der Waals surface area contributed by atoms with Gasteiger partial charge in [-0.3, -0.25) is 0 Å². The molecule has 78 heavy (non-hydrogen) atoms. The summed E-state index contributed by atoms with van der Waals surface area (Å²) in [4.78, 5) is 0. The first-order valence-corrected chi connectivity index (χ1v) is 32.6. The van der Waals surface area contributed by atoms with Crippen molar-refractivity contribution in [2.45, 2.75) is 130 Å². The third-order valence-electron chi connectivity index (χ3n) is 15.4. The van der Waals surface area contributed by atoms with E-state index in [9.17, 15) is 8.23 Å². The molecule has 8 aromatic carbocycles. The standard InChI is InChI=1S/C56H68N4O2Si2.2C7H8/c1-53(2,3)57-51(47-39-27-17-28-40-47)58(54(4,5)6)63(57,49(43-31-19-13-20-32-43)44-33-21-14-22-34-44)61-64(62-63,50(45-35-23-15-24-36-45)46-37-25-16-26-38-46)59(55(7,8)9)52(60(64)56(10,11)12)48-41-29-18-30-42-48;2*1-7-5-3-2-4-6-7/h13-42,49-50H,1-12H3;2*2-6H,1H3. The number of aryl methyl sites for hydroxylation is 2. The van der Waals surface area contributed by atoms with Gasteiger partial charge in [-0.2, -0.15) is 0 Å². The van der Waals surface area contributed by atoms with Gasteiger partial charge in [-0.15, -0.1) is 0 Å². The zero-order valence-corrected chi connectivity index (χ0v) is 50.9. The first-order chi connectivity index (χ1) is 37.0. The van der Waals surface area contributed by atoms with E-state index in [0.717, 1.165) is 22.8 Å². The van der Waals surface area contributed by atoms with E-state index in [-0.39, 0.29) is 11.1 Å². The Morgan fingerprint density at radius 3 is 0.692 bits per heavy atom. The summed E-state index contributed by atoms with van der Waals surface area (Å²) in [6.07, 6.45) is 0. The van der Waals surface area contributed by atoms with E-state index in [1.54, 1.807) is 0 Å². The van der Waals surface area contributed by atoms with Gasteiger partial charge in [0.05, 0.1) is 0 Å². The first-order valence-electron chi connectivity index (χ1n) is 28.0. The molecule has 8 heteroatoms. The Morgan fingerprint density at radius 1 is 0.308 bits per heavy atom. The molecule has 3 aliphatic heterocycles. The molecule has 0 aliphatic carbocycles. The van der Waals surface area contributed by atoms with Gasteiger partial charge >= 0.3 is 386 Å². The largest absolute Gasteiger partial charge is 0.0622 e. The number of hydrogen-bond donors (Lipinski definition) is 0. The predicted octanol–water partition coefficient (Wildman–Crippen LogP) is 16.3. The zero-order valence-electron chi connectivity index (χ0n) is 48.9. The number of nitrogens with zero attached hydrogens (tertiary/aromatic N) is 4. The van der Waals surface area contributed by atoms with Crippen LogP contribution in [0.25, 0.3) is 0 Å². The van der Waals surface area contributed by atoms with Gasteiger partial charge in [0.15, 0.2) is 0 Å². The summed E-state index contributed by atoms with van der Waals surface area (Å²) in [6, 6.07) is 86.8. The van der Waals surface area contributed by atoms with Crippen LogP contribution in [-0.2, 0) is 8.23 Å². The fraction of sp³-hybridized carbons (Fsp3) is 0.286. The summed E-state index contributed by atoms with van der Waals surface area (Å²) in [5, 5.41) is 0. The fourth-order valence-corrected chi connectivity index (χ4v) is 35.8. The van der Waals surface area contributed by atoms with Crippen molar-refractivity contribution in [3.8, 4) is 0 Å². The zero-order chi connectivity index (χ0) is 55.8. The van der Waals surface area contributed by atoms with E-state index in [1.807, 2.05) is 36.4 Å². The molecule has 0 bridgehead atoms. The number of hydrogen-bond acceptors (Lipinski definition) is 4. The van der Waals surface area contributed by atoms with Gasteiger partial charge in [0.2, 0.25) is 0 Å². The SMILES string of the molecule is CC(C)(C)N1C(c2ccccc2)=[N+](C(C)(C)C)[Si-]12(C(c1ccccc1)c1ccccc1)O[Si-]1(C(c3ccccc3)c3ccccc3)(O2)N(C(C)(C)C)C(c2ccccc2)=[N+]1C(C)(C)C.Cc1ccccc1.Cc1ccccc1. The maximum absolute atomic E-state index is 9.51. The summed E-state index contributed by atoms with van der Waals surface area (Å²) in [7, 11) is -10.0. The molecular weight excluding hydrogens is 985 g/mol. The minimum absolute atomic E-state index is 0.316. The predicted molar refractivity (Wildman–Crippen MR) is 330 cm³/mol. The van der Waals surface area contributed by atoms with Crippen LogP contribution in [0.1, 0.15) is 139 Å². The molecule has 0 N–H and O–H groups in total. The average Bonchev–Trinajstić information content (AvgIpc) is 0.661. The molecule has 1 saturated heterocycles. The summed E-state index contributed by atoms with van der Waals surface area (Å²) < 4.78 is 29.8. The number of amidine groups is 2. The van der Waals surface area contributed by atoms with Crippen molar-refractivity contribution >= 4 is 28.0 Å². The molecule has 2 spiro atoms. The van der Waals surface area contributed by atoms with Gasteiger partial charge in [-0.05, 0) is 13.8 Å². The van der Waals surface area contributed by atoms with Crippen molar-refractivity contribution in [3.05, 3.63) is 287 Å². The normalized spacial score (nSPS) is 18.2. The Kier molecular flexibility index (Phi) is 14.8. The molecule has 6 nitrogen and oxygen atoms in total. The summed E-state index contributed by atoms with van der Waals surface area (Å²) in [5.74, 6) is 2.28. The molecule has 404 valence electrons. The maximum Gasteiger partial charge on any atom is -0.0398 e. The van der Waals surface area contributed by atoms with Crippen LogP contribution in [0.15, 0.2) is 243 Å². The van der Waals surface area contributed by atoms with E-state index < -0.39 is 38.5 Å². The molecule has 11 rings (SSSR count). The van der Waals surface area contributed by atoms with Crippen LogP contribution in [0.5, 0.6) is 0 Å². The second kappa shape index (κ2) is 20.7. The Bertz CT molecular complexity index is 3050. The van der Waals surface area contributed by atoms with Gasteiger partial charge < -0.3 is 0 Å². The minimum Gasteiger partial charge on any atom is -0.0622 e. The first kappa shape index (κ1) is 55.8. The van der Waals surface area contributed by atoms with Crippen molar-refractivity contribution in [1.82, 2.24) is 9.13 Å². The van der Waals surface area contributed by atoms with Gasteiger partial charge in [0.25, 0.3) is 0 Å². The van der Waals surface area contributed by atoms with Crippen LogP contribution in [0.2, 0.25) is 0 Å². The minimum atomic E-state index is -5.00. The van der Waals surface area contributed by atoms with Crippen molar-refractivity contribution in [2.24, 2.45) is 0 Å². The summed E-state index contributed by atoms with van der Waals surface area (Å²) >= 11 is 0. The van der Waals surface area contributed by atoms with Gasteiger partial charge in [-0.25, -0.2) is 0 Å².